The average Bonchev–Trinajstić information content (AvgIpc) is 3.02. The molecule has 21 heavy (non-hydrogen) atoms. The van der Waals surface area contributed by atoms with Crippen molar-refractivity contribution >= 4 is 11.0 Å². The third-order valence-corrected chi connectivity index (χ3v) is 3.30. The Bertz CT molecular complexity index is 743. The Hall–Kier alpha value is -2.21. The first-order chi connectivity index (χ1) is 10.1. The number of hydrogen-bond donors (Lipinski definition) is 1. The van der Waals surface area contributed by atoms with Gasteiger partial charge in [0.15, 0.2) is 5.82 Å². The molecule has 3 rings (SSSR count). The van der Waals surface area contributed by atoms with Crippen LogP contribution < -0.4 is 5.32 Å². The molecular weight excluding hydrogens is 266 g/mol. The molecule has 0 aliphatic rings. The fourth-order valence-corrected chi connectivity index (χ4v) is 2.33. The van der Waals surface area contributed by atoms with Gasteiger partial charge < -0.3 is 14.4 Å². The van der Waals surface area contributed by atoms with Gasteiger partial charge in [0.2, 0.25) is 5.89 Å². The van der Waals surface area contributed by atoms with E-state index in [4.69, 9.17) is 4.52 Å². The number of pyridine rings is 1. The highest BCUT2D eigenvalue weighted by Crippen LogP contribution is 2.20. The fraction of sp³-hybridized carbons (Fsp3) is 0.400. The number of nitrogens with one attached hydrogen (secondary N) is 1. The zero-order valence-corrected chi connectivity index (χ0v) is 12.5. The molecule has 0 unspecified atom stereocenters. The Morgan fingerprint density at radius 2 is 2.24 bits per heavy atom. The van der Waals surface area contributed by atoms with E-state index in [0.717, 1.165) is 17.6 Å². The van der Waals surface area contributed by atoms with Crippen LogP contribution in [0.5, 0.6) is 0 Å². The molecule has 0 saturated heterocycles. The first-order valence-corrected chi connectivity index (χ1v) is 7.09. The van der Waals surface area contributed by atoms with Gasteiger partial charge in [-0.15, -0.1) is 0 Å². The Morgan fingerprint density at radius 1 is 1.38 bits per heavy atom. The van der Waals surface area contributed by atoms with Crippen molar-refractivity contribution in [2.45, 2.75) is 39.9 Å². The summed E-state index contributed by atoms with van der Waals surface area (Å²) in [6, 6.07) is 4.50. The SMILES string of the molecule is Cc1nc(Cn2cc(CNC(C)C)c3cccnc32)no1. The van der Waals surface area contributed by atoms with Crippen LogP contribution in [-0.4, -0.2) is 25.7 Å². The Kier molecular flexibility index (Phi) is 3.70. The van der Waals surface area contributed by atoms with Gasteiger partial charge in [-0.3, -0.25) is 0 Å². The van der Waals surface area contributed by atoms with Crippen LogP contribution in [0.3, 0.4) is 0 Å². The summed E-state index contributed by atoms with van der Waals surface area (Å²) in [6.45, 7) is 7.45. The standard InChI is InChI=1S/C15H19N5O/c1-10(2)17-7-12-8-20(9-14-18-11(3)21-19-14)15-13(12)5-4-6-16-15/h4-6,8,10,17H,7,9H2,1-3H3. The highest BCUT2D eigenvalue weighted by molar-refractivity contribution is 5.80. The maximum absolute atomic E-state index is 5.03. The van der Waals surface area contributed by atoms with Crippen molar-refractivity contribution in [3.05, 3.63) is 41.8 Å². The first kappa shape index (κ1) is 13.8. The summed E-state index contributed by atoms with van der Waals surface area (Å²) in [5, 5.41) is 8.55. The summed E-state index contributed by atoms with van der Waals surface area (Å²) in [7, 11) is 0. The van der Waals surface area contributed by atoms with Crippen molar-refractivity contribution in [2.24, 2.45) is 0 Å². The largest absolute Gasteiger partial charge is 0.340 e. The van der Waals surface area contributed by atoms with Crippen molar-refractivity contribution in [1.29, 1.82) is 0 Å². The lowest BCUT2D eigenvalue weighted by Crippen LogP contribution is -2.21. The molecule has 0 atom stereocenters. The number of aryl methyl sites for hydroxylation is 1. The van der Waals surface area contributed by atoms with Crippen LogP contribution in [0.15, 0.2) is 29.0 Å². The van der Waals surface area contributed by atoms with Crippen molar-refractivity contribution in [1.82, 2.24) is 25.0 Å². The van der Waals surface area contributed by atoms with Crippen molar-refractivity contribution in [3.8, 4) is 0 Å². The molecule has 0 fully saturated rings. The molecule has 0 aliphatic heterocycles. The third kappa shape index (κ3) is 2.95. The van der Waals surface area contributed by atoms with Crippen LogP contribution >= 0.6 is 0 Å². The van der Waals surface area contributed by atoms with Gasteiger partial charge in [0.05, 0.1) is 6.54 Å². The average molecular weight is 285 g/mol. The van der Waals surface area contributed by atoms with Crippen molar-refractivity contribution < 1.29 is 4.52 Å². The second-order valence-electron chi connectivity index (χ2n) is 5.42. The van der Waals surface area contributed by atoms with E-state index >= 15 is 0 Å². The summed E-state index contributed by atoms with van der Waals surface area (Å²) in [6.07, 6.45) is 3.92. The smallest absolute Gasteiger partial charge is 0.223 e. The zero-order valence-electron chi connectivity index (χ0n) is 12.5. The van der Waals surface area contributed by atoms with E-state index in [2.05, 4.69) is 51.1 Å². The van der Waals surface area contributed by atoms with Crippen LogP contribution in [0, 0.1) is 6.92 Å². The van der Waals surface area contributed by atoms with E-state index in [9.17, 15) is 0 Å². The molecule has 0 amide bonds. The monoisotopic (exact) mass is 285 g/mol. The molecule has 3 aromatic rings. The first-order valence-electron chi connectivity index (χ1n) is 7.09. The number of rotatable bonds is 5. The summed E-state index contributed by atoms with van der Waals surface area (Å²) in [4.78, 5) is 8.74. The number of hydrogen-bond acceptors (Lipinski definition) is 5. The Labute approximate surface area is 123 Å². The lowest BCUT2D eigenvalue weighted by molar-refractivity contribution is 0.386. The van der Waals surface area contributed by atoms with E-state index < -0.39 is 0 Å². The van der Waals surface area contributed by atoms with Crippen LogP contribution in [0.1, 0.15) is 31.1 Å². The predicted octanol–water partition coefficient (Wildman–Crippen LogP) is 2.27. The second-order valence-corrected chi connectivity index (χ2v) is 5.42. The molecule has 0 saturated carbocycles. The van der Waals surface area contributed by atoms with Gasteiger partial charge in [-0.05, 0) is 17.7 Å². The molecule has 0 aromatic carbocycles. The molecule has 1 N–H and O–H groups in total. The molecule has 0 aliphatic carbocycles. The maximum Gasteiger partial charge on any atom is 0.223 e. The number of aromatic nitrogens is 4. The van der Waals surface area contributed by atoms with Gasteiger partial charge in [0, 0.05) is 37.3 Å². The number of nitrogens with zero attached hydrogens (tertiary/aromatic N) is 4. The topological polar surface area (TPSA) is 68.8 Å². The summed E-state index contributed by atoms with van der Waals surface area (Å²) in [5.74, 6) is 1.24. The molecule has 0 radical (unpaired) electrons. The van der Waals surface area contributed by atoms with Gasteiger partial charge in [-0.2, -0.15) is 4.98 Å². The molecule has 110 valence electrons. The van der Waals surface area contributed by atoms with Crippen LogP contribution in [-0.2, 0) is 13.1 Å². The molecule has 0 spiro atoms. The minimum Gasteiger partial charge on any atom is -0.340 e. The van der Waals surface area contributed by atoms with Crippen LogP contribution in [0.2, 0.25) is 0 Å². The number of fused-ring (bicyclic) bond motifs is 1. The maximum atomic E-state index is 5.03. The minimum atomic E-state index is 0.444. The lowest BCUT2D eigenvalue weighted by Gasteiger charge is -2.06. The Morgan fingerprint density at radius 3 is 2.95 bits per heavy atom. The zero-order chi connectivity index (χ0) is 14.8. The summed E-state index contributed by atoms with van der Waals surface area (Å²) in [5.41, 5.74) is 2.17. The van der Waals surface area contributed by atoms with Gasteiger partial charge in [-0.1, -0.05) is 19.0 Å². The van der Waals surface area contributed by atoms with Gasteiger partial charge in [0.1, 0.15) is 5.65 Å². The van der Waals surface area contributed by atoms with Crippen LogP contribution in [0.25, 0.3) is 11.0 Å². The summed E-state index contributed by atoms with van der Waals surface area (Å²) >= 11 is 0. The van der Waals surface area contributed by atoms with E-state index in [-0.39, 0.29) is 0 Å². The van der Waals surface area contributed by atoms with E-state index in [1.54, 1.807) is 13.1 Å². The normalized spacial score (nSPS) is 11.6. The molecule has 6 heteroatoms. The Balaban J connectivity index is 1.94. The molecule has 3 aromatic heterocycles. The van der Waals surface area contributed by atoms with Gasteiger partial charge >= 0.3 is 0 Å². The lowest BCUT2D eigenvalue weighted by atomic mass is 10.2. The van der Waals surface area contributed by atoms with Crippen LogP contribution in [0.4, 0.5) is 0 Å². The molecule has 6 nitrogen and oxygen atoms in total. The molecule has 3 heterocycles. The second kappa shape index (κ2) is 5.65. The highest BCUT2D eigenvalue weighted by Gasteiger charge is 2.12. The third-order valence-electron chi connectivity index (χ3n) is 3.30. The van der Waals surface area contributed by atoms with Gasteiger partial charge in [0.25, 0.3) is 0 Å². The minimum absolute atomic E-state index is 0.444. The van der Waals surface area contributed by atoms with Crippen molar-refractivity contribution in [2.75, 3.05) is 0 Å². The highest BCUT2D eigenvalue weighted by atomic mass is 16.5. The van der Waals surface area contributed by atoms with Gasteiger partial charge in [-0.25, -0.2) is 4.98 Å². The van der Waals surface area contributed by atoms with E-state index in [0.29, 0.717) is 24.3 Å². The quantitative estimate of drug-likeness (QED) is 0.779. The molecule has 0 bridgehead atoms. The predicted molar refractivity (Wildman–Crippen MR) is 79.8 cm³/mol. The van der Waals surface area contributed by atoms with Crippen molar-refractivity contribution in [3.63, 3.8) is 0 Å². The van der Waals surface area contributed by atoms with E-state index in [1.165, 1.54) is 5.56 Å². The molecular formula is C15H19N5O. The summed E-state index contributed by atoms with van der Waals surface area (Å²) < 4.78 is 7.09. The van der Waals surface area contributed by atoms with E-state index in [1.807, 2.05) is 6.07 Å². The fourth-order valence-electron chi connectivity index (χ4n) is 2.33.